The number of hydrogen-bond acceptors (Lipinski definition) is 2. The Balaban J connectivity index is 0.00000364. The zero-order chi connectivity index (χ0) is 19.0. The number of nitrogens with zero attached hydrogens (tertiary/aromatic N) is 1. The van der Waals surface area contributed by atoms with Crippen LogP contribution in [0.5, 0.6) is 0 Å². The summed E-state index contributed by atoms with van der Waals surface area (Å²) < 4.78 is 36.7. The fourth-order valence-corrected chi connectivity index (χ4v) is 2.50. The molecular formula is C18H26F3IN4O. The van der Waals surface area contributed by atoms with Crippen molar-refractivity contribution in [2.24, 2.45) is 10.9 Å². The van der Waals surface area contributed by atoms with Crippen LogP contribution in [0.1, 0.15) is 38.2 Å². The molecule has 0 atom stereocenters. The van der Waals surface area contributed by atoms with Crippen LogP contribution < -0.4 is 16.0 Å². The molecule has 1 saturated carbocycles. The lowest BCUT2D eigenvalue weighted by molar-refractivity contribution is -0.132. The first-order valence-electron chi connectivity index (χ1n) is 8.86. The third kappa shape index (κ3) is 8.81. The largest absolute Gasteiger partial charge is 0.390 e. The summed E-state index contributed by atoms with van der Waals surface area (Å²) in [6.45, 7) is 2.47. The van der Waals surface area contributed by atoms with Crippen molar-refractivity contribution in [2.45, 2.75) is 45.3 Å². The van der Waals surface area contributed by atoms with E-state index < -0.39 is 12.6 Å². The molecule has 0 unspecified atom stereocenters. The summed E-state index contributed by atoms with van der Waals surface area (Å²) in [4.78, 5) is 16.3. The third-order valence-corrected chi connectivity index (χ3v) is 4.14. The third-order valence-electron chi connectivity index (χ3n) is 4.14. The molecule has 9 heteroatoms. The number of nitrogens with one attached hydrogen (secondary N) is 3. The Labute approximate surface area is 174 Å². The first-order valence-corrected chi connectivity index (χ1v) is 8.86. The van der Waals surface area contributed by atoms with Gasteiger partial charge in [-0.1, -0.05) is 18.6 Å². The number of amides is 1. The van der Waals surface area contributed by atoms with Gasteiger partial charge >= 0.3 is 6.18 Å². The van der Waals surface area contributed by atoms with Gasteiger partial charge in [0, 0.05) is 24.7 Å². The maximum atomic E-state index is 12.2. The topological polar surface area (TPSA) is 65.5 Å². The van der Waals surface area contributed by atoms with Crippen LogP contribution in [0.3, 0.4) is 0 Å². The van der Waals surface area contributed by atoms with Crippen LogP contribution in [0.4, 0.5) is 18.9 Å². The number of carbonyl (C=O) groups is 1. The molecule has 3 N–H and O–H groups in total. The van der Waals surface area contributed by atoms with Crippen LogP contribution in [0.25, 0.3) is 0 Å². The molecule has 0 bridgehead atoms. The molecule has 0 radical (unpaired) electrons. The lowest BCUT2D eigenvalue weighted by Crippen LogP contribution is -2.38. The lowest BCUT2D eigenvalue weighted by atomic mass is 9.85. The summed E-state index contributed by atoms with van der Waals surface area (Å²) in [6.07, 6.45) is -2.14. The Hall–Kier alpha value is -1.52. The van der Waals surface area contributed by atoms with Crippen molar-refractivity contribution >= 4 is 41.5 Å². The second-order valence-electron chi connectivity index (χ2n) is 6.30. The van der Waals surface area contributed by atoms with Gasteiger partial charge in [0.2, 0.25) is 5.91 Å². The van der Waals surface area contributed by atoms with Crippen molar-refractivity contribution in [1.29, 1.82) is 0 Å². The zero-order valence-electron chi connectivity index (χ0n) is 15.2. The number of guanidine groups is 1. The SMILES string of the molecule is CCNC(=NCc1cccc(NC(=O)C2CCC2)c1)NCCC(F)(F)F.I. The van der Waals surface area contributed by atoms with Crippen molar-refractivity contribution in [1.82, 2.24) is 10.6 Å². The molecule has 1 fully saturated rings. The van der Waals surface area contributed by atoms with Gasteiger partial charge in [-0.25, -0.2) is 4.99 Å². The summed E-state index contributed by atoms with van der Waals surface area (Å²) in [5.74, 6) is 0.481. The van der Waals surface area contributed by atoms with Crippen LogP contribution in [-0.4, -0.2) is 31.1 Å². The van der Waals surface area contributed by atoms with Gasteiger partial charge in [0.15, 0.2) is 5.96 Å². The fraction of sp³-hybridized carbons (Fsp3) is 0.556. The van der Waals surface area contributed by atoms with E-state index in [4.69, 9.17) is 0 Å². The summed E-state index contributed by atoms with van der Waals surface area (Å²) in [5.41, 5.74) is 1.58. The summed E-state index contributed by atoms with van der Waals surface area (Å²) >= 11 is 0. The molecule has 0 heterocycles. The van der Waals surface area contributed by atoms with E-state index >= 15 is 0 Å². The van der Waals surface area contributed by atoms with Gasteiger partial charge in [-0.15, -0.1) is 24.0 Å². The smallest absolute Gasteiger partial charge is 0.357 e. The van der Waals surface area contributed by atoms with Gasteiger partial charge in [0.05, 0.1) is 13.0 Å². The number of rotatable bonds is 7. The van der Waals surface area contributed by atoms with Crippen molar-refractivity contribution in [3.05, 3.63) is 29.8 Å². The summed E-state index contributed by atoms with van der Waals surface area (Å²) in [6, 6.07) is 7.34. The number of hydrogen-bond donors (Lipinski definition) is 3. The Kier molecular flexibility index (Phi) is 9.89. The minimum Gasteiger partial charge on any atom is -0.357 e. The standard InChI is InChI=1S/C18H25F3N4O.HI/c1-2-22-17(23-10-9-18(19,20)21)24-12-13-5-3-8-15(11-13)25-16(26)14-6-4-7-14;/h3,5,8,11,14H,2,4,6-7,9-10,12H2,1H3,(H,25,26)(H2,22,23,24);1H. The predicted octanol–water partition coefficient (Wildman–Crippen LogP) is 4.05. The first-order chi connectivity index (χ1) is 12.4. The molecule has 27 heavy (non-hydrogen) atoms. The number of anilines is 1. The number of benzene rings is 1. The van der Waals surface area contributed by atoms with Crippen molar-refractivity contribution in [3.8, 4) is 0 Å². The average Bonchev–Trinajstić information content (AvgIpc) is 2.50. The number of aliphatic imine (C=N–C) groups is 1. The average molecular weight is 498 g/mol. The summed E-state index contributed by atoms with van der Waals surface area (Å²) in [7, 11) is 0. The quantitative estimate of drug-likeness (QED) is 0.302. The molecule has 2 rings (SSSR count). The van der Waals surface area contributed by atoms with E-state index in [0.717, 1.165) is 24.8 Å². The molecule has 0 saturated heterocycles. The predicted molar refractivity (Wildman–Crippen MR) is 111 cm³/mol. The van der Waals surface area contributed by atoms with E-state index in [2.05, 4.69) is 20.9 Å². The molecule has 1 amide bonds. The number of carbonyl (C=O) groups excluding carboxylic acids is 1. The number of alkyl halides is 3. The normalized spacial score (nSPS) is 14.7. The highest BCUT2D eigenvalue weighted by atomic mass is 127. The second-order valence-corrected chi connectivity index (χ2v) is 6.30. The first kappa shape index (κ1) is 23.5. The van der Waals surface area contributed by atoms with Crippen LogP contribution in [0, 0.1) is 5.92 Å². The van der Waals surface area contributed by atoms with Crippen LogP contribution in [0.2, 0.25) is 0 Å². The molecule has 5 nitrogen and oxygen atoms in total. The molecule has 152 valence electrons. The zero-order valence-corrected chi connectivity index (χ0v) is 17.6. The molecule has 0 aliphatic heterocycles. The Morgan fingerprint density at radius 1 is 1.26 bits per heavy atom. The maximum Gasteiger partial charge on any atom is 0.390 e. The van der Waals surface area contributed by atoms with E-state index in [1.807, 2.05) is 31.2 Å². The van der Waals surface area contributed by atoms with E-state index in [1.165, 1.54) is 0 Å². The molecule has 1 aromatic carbocycles. The molecule has 0 aromatic heterocycles. The molecule has 1 aliphatic carbocycles. The van der Waals surface area contributed by atoms with Gasteiger partial charge < -0.3 is 16.0 Å². The number of halogens is 4. The van der Waals surface area contributed by atoms with Crippen molar-refractivity contribution in [2.75, 3.05) is 18.4 Å². The van der Waals surface area contributed by atoms with Crippen LogP contribution in [-0.2, 0) is 11.3 Å². The highest BCUT2D eigenvalue weighted by Gasteiger charge is 2.26. The Morgan fingerprint density at radius 2 is 2.00 bits per heavy atom. The van der Waals surface area contributed by atoms with Gasteiger partial charge in [-0.05, 0) is 37.5 Å². The monoisotopic (exact) mass is 498 g/mol. The minimum absolute atomic E-state index is 0. The van der Waals surface area contributed by atoms with Crippen LogP contribution >= 0.6 is 24.0 Å². The van der Waals surface area contributed by atoms with Gasteiger partial charge in [-0.2, -0.15) is 13.2 Å². The Morgan fingerprint density at radius 3 is 2.59 bits per heavy atom. The molecular weight excluding hydrogens is 472 g/mol. The van der Waals surface area contributed by atoms with Crippen LogP contribution in [0.15, 0.2) is 29.3 Å². The van der Waals surface area contributed by atoms with Gasteiger partial charge in [0.25, 0.3) is 0 Å². The lowest BCUT2D eigenvalue weighted by Gasteiger charge is -2.24. The molecule has 0 spiro atoms. The molecule has 1 aromatic rings. The highest BCUT2D eigenvalue weighted by molar-refractivity contribution is 14.0. The summed E-state index contributed by atoms with van der Waals surface area (Å²) in [5, 5.41) is 8.50. The van der Waals surface area contributed by atoms with Gasteiger partial charge in [-0.3, -0.25) is 4.79 Å². The van der Waals surface area contributed by atoms with Crippen molar-refractivity contribution < 1.29 is 18.0 Å². The second kappa shape index (κ2) is 11.4. The van der Waals surface area contributed by atoms with E-state index in [0.29, 0.717) is 24.7 Å². The van der Waals surface area contributed by atoms with Gasteiger partial charge in [0.1, 0.15) is 0 Å². The van der Waals surface area contributed by atoms with E-state index in [9.17, 15) is 18.0 Å². The highest BCUT2D eigenvalue weighted by Crippen LogP contribution is 2.27. The van der Waals surface area contributed by atoms with E-state index in [1.54, 1.807) is 0 Å². The molecule has 1 aliphatic rings. The fourth-order valence-electron chi connectivity index (χ4n) is 2.50. The maximum absolute atomic E-state index is 12.2. The van der Waals surface area contributed by atoms with Crippen molar-refractivity contribution in [3.63, 3.8) is 0 Å². The Bertz CT molecular complexity index is 633. The minimum atomic E-state index is -4.20. The van der Waals surface area contributed by atoms with E-state index in [-0.39, 0.29) is 42.3 Å².